The second-order valence-electron chi connectivity index (χ2n) is 3.03. The molecule has 2 rings (SSSR count). The molecule has 2 fully saturated rings. The maximum atomic E-state index is 3.47. The van der Waals surface area contributed by atoms with Gasteiger partial charge in [0.25, 0.3) is 0 Å². The van der Waals surface area contributed by atoms with E-state index in [0.717, 1.165) is 5.92 Å². The minimum absolute atomic E-state index is 0. The minimum atomic E-state index is 0. The van der Waals surface area contributed by atoms with Gasteiger partial charge in [-0.15, -0.1) is 12.4 Å². The molecule has 0 radical (unpaired) electrons. The predicted molar refractivity (Wildman–Crippen MR) is 36.4 cm³/mol. The van der Waals surface area contributed by atoms with E-state index in [1.165, 1.54) is 19.4 Å². The summed E-state index contributed by atoms with van der Waals surface area (Å²) in [6, 6.07) is 0. The van der Waals surface area contributed by atoms with Gasteiger partial charge in [0.2, 0.25) is 0 Å². The Morgan fingerprint density at radius 2 is 2.38 bits per heavy atom. The Bertz CT molecular complexity index is 103. The van der Waals surface area contributed by atoms with Crippen molar-refractivity contribution in [2.45, 2.75) is 25.3 Å². The third-order valence-corrected chi connectivity index (χ3v) is 2.43. The Labute approximate surface area is 56.3 Å². The van der Waals surface area contributed by atoms with Crippen molar-refractivity contribution < 1.29 is 0 Å². The molecule has 0 aromatic carbocycles. The van der Waals surface area contributed by atoms with Gasteiger partial charge in [-0.05, 0) is 32.2 Å². The minimum Gasteiger partial charge on any atom is -0.311 e. The molecule has 1 heterocycles. The van der Waals surface area contributed by atoms with Gasteiger partial charge in [0, 0.05) is 5.54 Å². The monoisotopic (exact) mass is 133 g/mol. The lowest BCUT2D eigenvalue weighted by atomic mass is 10.3. The van der Waals surface area contributed by atoms with Gasteiger partial charge in [0.05, 0.1) is 0 Å². The first-order chi connectivity index (χ1) is 3.31. The van der Waals surface area contributed by atoms with Crippen LogP contribution in [0, 0.1) is 5.92 Å². The van der Waals surface area contributed by atoms with E-state index in [4.69, 9.17) is 0 Å². The molecule has 0 amide bonds. The highest BCUT2D eigenvalue weighted by atomic mass is 35.5. The van der Waals surface area contributed by atoms with Gasteiger partial charge in [0.15, 0.2) is 0 Å². The highest BCUT2D eigenvalue weighted by Gasteiger charge is 2.52. The number of nitrogens with one attached hydrogen (secondary N) is 1. The molecule has 2 aliphatic rings. The summed E-state index contributed by atoms with van der Waals surface area (Å²) in [7, 11) is 0. The van der Waals surface area contributed by atoms with E-state index in [-0.39, 0.29) is 12.4 Å². The van der Waals surface area contributed by atoms with Crippen LogP contribution in [0.2, 0.25) is 0 Å². The smallest absolute Gasteiger partial charge is 0.0186 e. The lowest BCUT2D eigenvalue weighted by Crippen LogP contribution is -2.23. The second kappa shape index (κ2) is 1.61. The van der Waals surface area contributed by atoms with Crippen molar-refractivity contribution in [3.8, 4) is 0 Å². The molecule has 1 aliphatic heterocycles. The summed E-state index contributed by atoms with van der Waals surface area (Å²) in [5.74, 6) is 1.05. The maximum absolute atomic E-state index is 3.47. The van der Waals surface area contributed by atoms with Gasteiger partial charge in [0.1, 0.15) is 0 Å². The van der Waals surface area contributed by atoms with Crippen molar-refractivity contribution in [3.05, 3.63) is 0 Å². The Kier molecular flexibility index (Phi) is 1.28. The van der Waals surface area contributed by atoms with Crippen LogP contribution < -0.4 is 5.32 Å². The van der Waals surface area contributed by atoms with E-state index in [9.17, 15) is 0 Å². The van der Waals surface area contributed by atoms with Crippen LogP contribution in [0.4, 0.5) is 0 Å². The third kappa shape index (κ3) is 0.652. The molecule has 0 aromatic heterocycles. The number of piperidine rings is 1. The van der Waals surface area contributed by atoms with E-state index >= 15 is 0 Å². The van der Waals surface area contributed by atoms with Crippen LogP contribution in [-0.2, 0) is 0 Å². The maximum Gasteiger partial charge on any atom is 0.0186 e. The molecule has 0 bridgehead atoms. The van der Waals surface area contributed by atoms with Gasteiger partial charge in [-0.2, -0.15) is 0 Å². The van der Waals surface area contributed by atoms with Crippen LogP contribution in [0.5, 0.6) is 0 Å². The molecule has 1 nitrogen and oxygen atoms in total. The number of hydrogen-bond donors (Lipinski definition) is 1. The molecule has 2 heteroatoms. The normalized spacial score (nSPS) is 49.9. The fourth-order valence-corrected chi connectivity index (χ4v) is 1.62. The number of fused-ring (bicyclic) bond motifs is 1. The molecule has 1 N–H and O–H groups in total. The topological polar surface area (TPSA) is 12.0 Å². The van der Waals surface area contributed by atoms with Crippen LogP contribution in [0.1, 0.15) is 19.8 Å². The fraction of sp³-hybridized carbons (Fsp3) is 1.00. The molecule has 1 saturated heterocycles. The van der Waals surface area contributed by atoms with Gasteiger partial charge in [-0.1, -0.05) is 0 Å². The van der Waals surface area contributed by atoms with Crippen molar-refractivity contribution in [3.63, 3.8) is 0 Å². The summed E-state index contributed by atoms with van der Waals surface area (Å²) in [5, 5.41) is 3.47. The predicted octanol–water partition coefficient (Wildman–Crippen LogP) is 1.18. The summed E-state index contributed by atoms with van der Waals surface area (Å²) in [4.78, 5) is 0. The highest BCUT2D eigenvalue weighted by molar-refractivity contribution is 5.85. The molecule has 2 unspecified atom stereocenters. The number of halogens is 1. The van der Waals surface area contributed by atoms with Crippen LogP contribution in [-0.4, -0.2) is 12.1 Å². The highest BCUT2D eigenvalue weighted by Crippen LogP contribution is 2.48. The lowest BCUT2D eigenvalue weighted by molar-refractivity contribution is 0.601. The molecule has 8 heavy (non-hydrogen) atoms. The zero-order valence-electron chi connectivity index (χ0n) is 5.11. The standard InChI is InChI=1S/C6H11N.ClH/c1-6-4-5(6)2-3-7-6;/h5,7H,2-4H2,1H3;1H. The zero-order chi connectivity index (χ0) is 4.91. The first kappa shape index (κ1) is 6.37. The Hall–Kier alpha value is 0.250. The summed E-state index contributed by atoms with van der Waals surface area (Å²) in [5.41, 5.74) is 0.611. The van der Waals surface area contributed by atoms with Crippen LogP contribution in [0.25, 0.3) is 0 Å². The number of hydrogen-bond acceptors (Lipinski definition) is 1. The van der Waals surface area contributed by atoms with E-state index in [2.05, 4.69) is 12.2 Å². The first-order valence-electron chi connectivity index (χ1n) is 3.06. The van der Waals surface area contributed by atoms with E-state index in [0.29, 0.717) is 5.54 Å². The van der Waals surface area contributed by atoms with Crippen LogP contribution in [0.15, 0.2) is 0 Å². The third-order valence-electron chi connectivity index (χ3n) is 2.43. The molecular formula is C6H12ClN. The van der Waals surface area contributed by atoms with Gasteiger partial charge in [-0.3, -0.25) is 0 Å². The first-order valence-corrected chi connectivity index (χ1v) is 3.06. The zero-order valence-corrected chi connectivity index (χ0v) is 5.92. The second-order valence-corrected chi connectivity index (χ2v) is 3.03. The molecule has 0 spiro atoms. The molecule has 48 valence electrons. The van der Waals surface area contributed by atoms with Gasteiger partial charge < -0.3 is 5.32 Å². The van der Waals surface area contributed by atoms with Crippen molar-refractivity contribution in [2.75, 3.05) is 6.54 Å². The fourth-order valence-electron chi connectivity index (χ4n) is 1.62. The van der Waals surface area contributed by atoms with Crippen LogP contribution >= 0.6 is 12.4 Å². The van der Waals surface area contributed by atoms with Gasteiger partial charge in [-0.25, -0.2) is 0 Å². The molecule has 1 aliphatic carbocycles. The Morgan fingerprint density at radius 3 is 2.50 bits per heavy atom. The van der Waals surface area contributed by atoms with E-state index in [1.54, 1.807) is 0 Å². The molecule has 1 saturated carbocycles. The summed E-state index contributed by atoms with van der Waals surface area (Å²) >= 11 is 0. The van der Waals surface area contributed by atoms with E-state index in [1.807, 2.05) is 0 Å². The van der Waals surface area contributed by atoms with Crippen molar-refractivity contribution in [1.82, 2.24) is 5.32 Å². The Morgan fingerprint density at radius 1 is 1.62 bits per heavy atom. The van der Waals surface area contributed by atoms with Crippen LogP contribution in [0.3, 0.4) is 0 Å². The average molecular weight is 134 g/mol. The summed E-state index contributed by atoms with van der Waals surface area (Å²) < 4.78 is 0. The number of rotatable bonds is 0. The summed E-state index contributed by atoms with van der Waals surface area (Å²) in [6.45, 7) is 3.59. The Balaban J connectivity index is 0.000000320. The SMILES string of the molecule is CC12CC1CCN2.Cl. The summed E-state index contributed by atoms with van der Waals surface area (Å²) in [6.07, 6.45) is 2.86. The molecule has 2 atom stereocenters. The molecule has 0 aromatic rings. The molecular weight excluding hydrogens is 122 g/mol. The quantitative estimate of drug-likeness (QED) is 0.524. The van der Waals surface area contributed by atoms with Crippen molar-refractivity contribution in [1.29, 1.82) is 0 Å². The largest absolute Gasteiger partial charge is 0.311 e. The van der Waals surface area contributed by atoms with Crippen molar-refractivity contribution in [2.24, 2.45) is 5.92 Å². The van der Waals surface area contributed by atoms with Crippen molar-refractivity contribution >= 4 is 12.4 Å². The van der Waals surface area contributed by atoms with E-state index < -0.39 is 0 Å². The van der Waals surface area contributed by atoms with Gasteiger partial charge >= 0.3 is 0 Å². The average Bonchev–Trinajstić information content (AvgIpc) is 2.09. The lowest BCUT2D eigenvalue weighted by Gasteiger charge is -2.01.